The molecule has 0 bridgehead atoms. The first kappa shape index (κ1) is 16.3. The van der Waals surface area contributed by atoms with Crippen molar-refractivity contribution in [1.29, 1.82) is 0 Å². The minimum absolute atomic E-state index is 0.0904. The molecule has 0 spiro atoms. The van der Waals surface area contributed by atoms with Crippen LogP contribution in [0.1, 0.15) is 55.1 Å². The Morgan fingerprint density at radius 2 is 2.14 bits per heavy atom. The lowest BCUT2D eigenvalue weighted by molar-refractivity contribution is -0.141. The zero-order chi connectivity index (χ0) is 16.1. The molecule has 1 aromatic rings. The predicted octanol–water partition coefficient (Wildman–Crippen LogP) is 2.06. The smallest absolute Gasteiger partial charge is 0.348 e. The summed E-state index contributed by atoms with van der Waals surface area (Å²) in [5, 5.41) is 9.12. The van der Waals surface area contributed by atoms with E-state index in [9.17, 15) is 14.4 Å². The van der Waals surface area contributed by atoms with Crippen molar-refractivity contribution in [3.05, 3.63) is 33.9 Å². The van der Waals surface area contributed by atoms with E-state index in [-0.39, 0.29) is 5.56 Å². The average Bonchev–Trinajstić information content (AvgIpc) is 2.96. The summed E-state index contributed by atoms with van der Waals surface area (Å²) in [5.41, 5.74) is -0.776. The van der Waals surface area contributed by atoms with Gasteiger partial charge in [0.15, 0.2) is 0 Å². The summed E-state index contributed by atoms with van der Waals surface area (Å²) in [5.74, 6) is -1.03. The van der Waals surface area contributed by atoms with Crippen LogP contribution >= 0.6 is 0 Å². The SMILES string of the molecule is CCCCCc1ccc(C(=O)N2CCCC2C(=O)O)c(=O)o1. The number of aliphatic carboxylic acids is 1. The number of carbonyl (C=O) groups excluding carboxylic acids is 1. The molecule has 1 saturated heterocycles. The second-order valence-electron chi connectivity index (χ2n) is 5.55. The average molecular weight is 307 g/mol. The van der Waals surface area contributed by atoms with E-state index in [4.69, 9.17) is 9.52 Å². The van der Waals surface area contributed by atoms with Crippen LogP contribution in [0.25, 0.3) is 0 Å². The van der Waals surface area contributed by atoms with Crippen molar-refractivity contribution in [3.63, 3.8) is 0 Å². The summed E-state index contributed by atoms with van der Waals surface area (Å²) in [6.45, 7) is 2.44. The van der Waals surface area contributed by atoms with Crippen LogP contribution in [0.2, 0.25) is 0 Å². The Kier molecular flexibility index (Phi) is 5.35. The molecule has 0 saturated carbocycles. The third-order valence-corrected chi connectivity index (χ3v) is 3.94. The maximum Gasteiger partial charge on any atom is 0.348 e. The molecule has 1 aliphatic rings. The number of amides is 1. The number of hydrogen-bond donors (Lipinski definition) is 1. The first-order valence-corrected chi connectivity index (χ1v) is 7.71. The van der Waals surface area contributed by atoms with Crippen LogP contribution in [0.3, 0.4) is 0 Å². The fraction of sp³-hybridized carbons (Fsp3) is 0.562. The Labute approximate surface area is 128 Å². The van der Waals surface area contributed by atoms with E-state index in [2.05, 4.69) is 6.92 Å². The van der Waals surface area contributed by atoms with Gasteiger partial charge in [0, 0.05) is 13.0 Å². The Balaban J connectivity index is 2.13. The van der Waals surface area contributed by atoms with Gasteiger partial charge in [-0.15, -0.1) is 0 Å². The van der Waals surface area contributed by atoms with E-state index in [1.54, 1.807) is 6.07 Å². The Morgan fingerprint density at radius 1 is 1.36 bits per heavy atom. The van der Waals surface area contributed by atoms with E-state index < -0.39 is 23.5 Å². The Bertz CT molecular complexity index is 607. The molecule has 0 aromatic carbocycles. The number of rotatable bonds is 6. The van der Waals surface area contributed by atoms with Crippen LogP contribution in [0.4, 0.5) is 0 Å². The van der Waals surface area contributed by atoms with Crippen LogP contribution in [-0.2, 0) is 11.2 Å². The van der Waals surface area contributed by atoms with E-state index in [0.717, 1.165) is 19.3 Å². The number of carboxylic acids is 1. The van der Waals surface area contributed by atoms with Gasteiger partial charge in [0.1, 0.15) is 17.4 Å². The maximum atomic E-state index is 12.4. The number of carboxylic acid groups (broad SMARTS) is 1. The quantitative estimate of drug-likeness (QED) is 0.813. The lowest BCUT2D eigenvalue weighted by Crippen LogP contribution is -2.42. The molecule has 1 fully saturated rings. The fourth-order valence-corrected chi connectivity index (χ4v) is 2.72. The number of hydrogen-bond acceptors (Lipinski definition) is 4. The number of nitrogens with zero attached hydrogens (tertiary/aromatic N) is 1. The van der Waals surface area contributed by atoms with Crippen LogP contribution in [0, 0.1) is 0 Å². The van der Waals surface area contributed by atoms with Gasteiger partial charge in [-0.2, -0.15) is 0 Å². The normalized spacial score (nSPS) is 17.7. The first-order valence-electron chi connectivity index (χ1n) is 7.71. The number of unbranched alkanes of at least 4 members (excludes halogenated alkanes) is 2. The van der Waals surface area contributed by atoms with Crippen LogP contribution in [0.15, 0.2) is 21.3 Å². The Morgan fingerprint density at radius 3 is 2.77 bits per heavy atom. The molecule has 22 heavy (non-hydrogen) atoms. The first-order chi connectivity index (χ1) is 10.5. The van der Waals surface area contributed by atoms with Gasteiger partial charge in [0.2, 0.25) is 0 Å². The van der Waals surface area contributed by atoms with Crippen molar-refractivity contribution in [2.75, 3.05) is 6.54 Å². The molecule has 6 heteroatoms. The van der Waals surface area contributed by atoms with Gasteiger partial charge in [-0.05, 0) is 31.4 Å². The number of aryl methyl sites for hydroxylation is 1. The zero-order valence-electron chi connectivity index (χ0n) is 12.7. The largest absolute Gasteiger partial charge is 0.480 e. The second kappa shape index (κ2) is 7.24. The van der Waals surface area contributed by atoms with Crippen molar-refractivity contribution < 1.29 is 19.1 Å². The molecule has 0 radical (unpaired) electrons. The van der Waals surface area contributed by atoms with Crippen molar-refractivity contribution >= 4 is 11.9 Å². The maximum absolute atomic E-state index is 12.4. The molecule has 1 aliphatic heterocycles. The van der Waals surface area contributed by atoms with E-state index in [1.165, 1.54) is 11.0 Å². The third kappa shape index (κ3) is 3.55. The molecule has 1 aromatic heterocycles. The van der Waals surface area contributed by atoms with Crippen LogP contribution < -0.4 is 5.63 Å². The molecular formula is C16H21NO5. The predicted molar refractivity (Wildman–Crippen MR) is 79.9 cm³/mol. The van der Waals surface area contributed by atoms with E-state index >= 15 is 0 Å². The van der Waals surface area contributed by atoms with Gasteiger partial charge in [-0.25, -0.2) is 9.59 Å². The highest BCUT2D eigenvalue weighted by atomic mass is 16.4. The number of carbonyl (C=O) groups is 2. The number of likely N-dealkylation sites (tertiary alicyclic amines) is 1. The molecule has 120 valence electrons. The van der Waals surface area contributed by atoms with Gasteiger partial charge < -0.3 is 14.4 Å². The topological polar surface area (TPSA) is 87.8 Å². The van der Waals surface area contributed by atoms with Gasteiger partial charge in [-0.1, -0.05) is 19.8 Å². The highest BCUT2D eigenvalue weighted by molar-refractivity contribution is 5.96. The molecule has 2 rings (SSSR count). The molecule has 1 N–H and O–H groups in total. The standard InChI is InChI=1S/C16H21NO5/c1-2-3-4-6-11-8-9-12(16(21)22-11)14(18)17-10-5-7-13(17)15(19)20/h8-9,13H,2-7,10H2,1H3,(H,19,20). The van der Waals surface area contributed by atoms with E-state index in [0.29, 0.717) is 31.6 Å². The highest BCUT2D eigenvalue weighted by Crippen LogP contribution is 2.19. The van der Waals surface area contributed by atoms with E-state index in [1.807, 2.05) is 0 Å². The summed E-state index contributed by atoms with van der Waals surface area (Å²) in [7, 11) is 0. The van der Waals surface area contributed by atoms with Crippen molar-refractivity contribution in [3.8, 4) is 0 Å². The van der Waals surface area contributed by atoms with Gasteiger partial charge in [-0.3, -0.25) is 4.79 Å². The molecule has 6 nitrogen and oxygen atoms in total. The third-order valence-electron chi connectivity index (χ3n) is 3.94. The highest BCUT2D eigenvalue weighted by Gasteiger charge is 2.35. The monoisotopic (exact) mass is 307 g/mol. The summed E-state index contributed by atoms with van der Waals surface area (Å²) < 4.78 is 5.18. The van der Waals surface area contributed by atoms with Crippen LogP contribution in [-0.4, -0.2) is 34.5 Å². The van der Waals surface area contributed by atoms with Crippen molar-refractivity contribution in [2.24, 2.45) is 0 Å². The molecule has 2 heterocycles. The molecule has 1 atom stereocenters. The summed E-state index contributed by atoms with van der Waals surface area (Å²) in [4.78, 5) is 36.7. The Hall–Kier alpha value is -2.11. The molecule has 1 amide bonds. The van der Waals surface area contributed by atoms with Gasteiger partial charge in [0.05, 0.1) is 0 Å². The lowest BCUT2D eigenvalue weighted by Gasteiger charge is -2.20. The van der Waals surface area contributed by atoms with Gasteiger partial charge in [0.25, 0.3) is 5.91 Å². The fourth-order valence-electron chi connectivity index (χ4n) is 2.72. The molecular weight excluding hydrogens is 286 g/mol. The minimum Gasteiger partial charge on any atom is -0.480 e. The van der Waals surface area contributed by atoms with Crippen molar-refractivity contribution in [2.45, 2.75) is 51.5 Å². The summed E-state index contributed by atoms with van der Waals surface area (Å²) in [6, 6.07) is 2.24. The zero-order valence-corrected chi connectivity index (χ0v) is 12.7. The second-order valence-corrected chi connectivity index (χ2v) is 5.55. The lowest BCUT2D eigenvalue weighted by atomic mass is 10.1. The van der Waals surface area contributed by atoms with Crippen molar-refractivity contribution in [1.82, 2.24) is 4.90 Å². The van der Waals surface area contributed by atoms with Crippen LogP contribution in [0.5, 0.6) is 0 Å². The summed E-state index contributed by atoms with van der Waals surface area (Å²) >= 11 is 0. The minimum atomic E-state index is -1.04. The summed E-state index contributed by atoms with van der Waals surface area (Å²) in [6.07, 6.45) is 4.77. The molecule has 0 aliphatic carbocycles. The van der Waals surface area contributed by atoms with Gasteiger partial charge >= 0.3 is 11.6 Å². The molecule has 1 unspecified atom stereocenters.